The maximum atomic E-state index is 13.8. The van der Waals surface area contributed by atoms with E-state index in [1.165, 1.54) is 17.4 Å². The van der Waals surface area contributed by atoms with Crippen molar-refractivity contribution in [3.63, 3.8) is 0 Å². The molecule has 0 spiro atoms. The Kier molecular flexibility index (Phi) is 8.74. The van der Waals surface area contributed by atoms with Gasteiger partial charge in [0.1, 0.15) is 0 Å². The number of carbonyl (C=O) groups excluding carboxylic acids is 2. The van der Waals surface area contributed by atoms with Crippen LogP contribution in [0.25, 0.3) is 10.9 Å². The number of piperazine rings is 1. The van der Waals surface area contributed by atoms with Crippen LogP contribution in [0.5, 0.6) is 11.5 Å². The number of hydrogen-bond acceptors (Lipinski definition) is 8. The molecule has 2 amide bonds. The third-order valence-corrected chi connectivity index (χ3v) is 9.05. The number of hydrogen-bond donors (Lipinski definition) is 0. The minimum atomic E-state index is -0.234. The van der Waals surface area contributed by atoms with E-state index in [-0.39, 0.29) is 36.5 Å². The molecule has 1 saturated heterocycles. The second kappa shape index (κ2) is 13.0. The lowest BCUT2D eigenvalue weighted by Gasteiger charge is -2.36. The van der Waals surface area contributed by atoms with Crippen LogP contribution in [0.1, 0.15) is 29.8 Å². The first-order valence-electron chi connectivity index (χ1n) is 14.9. The first-order valence-corrected chi connectivity index (χ1v) is 15.9. The van der Waals surface area contributed by atoms with E-state index in [1.807, 2.05) is 61.2 Å². The zero-order valence-electron chi connectivity index (χ0n) is 24.9. The van der Waals surface area contributed by atoms with Gasteiger partial charge >= 0.3 is 0 Å². The molecule has 0 unspecified atom stereocenters. The summed E-state index contributed by atoms with van der Waals surface area (Å²) in [5, 5.41) is 0.855. The van der Waals surface area contributed by atoms with Crippen molar-refractivity contribution in [2.24, 2.45) is 0 Å². The van der Waals surface area contributed by atoms with E-state index in [0.717, 1.165) is 18.7 Å². The number of nitrogens with zero attached hydrogens (tertiary/aromatic N) is 5. The fraction of sp³-hybridized carbons (Fsp3) is 0.333. The van der Waals surface area contributed by atoms with E-state index in [1.54, 1.807) is 21.6 Å². The van der Waals surface area contributed by atoms with Gasteiger partial charge in [0, 0.05) is 56.6 Å². The monoisotopic (exact) mass is 613 g/mol. The van der Waals surface area contributed by atoms with Gasteiger partial charge in [-0.25, -0.2) is 4.98 Å². The van der Waals surface area contributed by atoms with Crippen molar-refractivity contribution >= 4 is 40.2 Å². The molecule has 228 valence electrons. The van der Waals surface area contributed by atoms with E-state index in [2.05, 4.69) is 17.0 Å². The maximum Gasteiger partial charge on any atom is 0.262 e. The Hall–Kier alpha value is -4.51. The Morgan fingerprint density at radius 1 is 0.909 bits per heavy atom. The van der Waals surface area contributed by atoms with Crippen molar-refractivity contribution in [3.05, 3.63) is 88.2 Å². The summed E-state index contributed by atoms with van der Waals surface area (Å²) >= 11 is 1.24. The van der Waals surface area contributed by atoms with Crippen LogP contribution in [-0.4, -0.2) is 83.0 Å². The zero-order valence-corrected chi connectivity index (χ0v) is 25.7. The predicted octanol–water partition coefficient (Wildman–Crippen LogP) is 4.10. The smallest absolute Gasteiger partial charge is 0.262 e. The summed E-state index contributed by atoms with van der Waals surface area (Å²) in [6.07, 6.45) is 0. The first kappa shape index (κ1) is 29.6. The summed E-state index contributed by atoms with van der Waals surface area (Å²) < 4.78 is 12.6. The third kappa shape index (κ3) is 6.10. The number of carbonyl (C=O) groups is 2. The van der Waals surface area contributed by atoms with E-state index < -0.39 is 0 Å². The van der Waals surface area contributed by atoms with Crippen LogP contribution in [-0.2, 0) is 11.3 Å². The molecule has 6 rings (SSSR count). The molecule has 2 aliphatic heterocycles. The van der Waals surface area contributed by atoms with Crippen LogP contribution in [0, 0.1) is 0 Å². The lowest BCUT2D eigenvalue weighted by Crippen LogP contribution is -2.48. The summed E-state index contributed by atoms with van der Waals surface area (Å²) in [4.78, 5) is 50.6. The van der Waals surface area contributed by atoms with Crippen LogP contribution in [0.4, 0.5) is 5.69 Å². The highest BCUT2D eigenvalue weighted by molar-refractivity contribution is 7.99. The molecule has 0 aliphatic carbocycles. The highest BCUT2D eigenvalue weighted by Gasteiger charge is 2.23. The molecule has 1 fully saturated rings. The Labute approximate surface area is 260 Å². The molecule has 3 heterocycles. The summed E-state index contributed by atoms with van der Waals surface area (Å²) in [5.74, 6) is 1.19. The summed E-state index contributed by atoms with van der Waals surface area (Å²) in [7, 11) is 0. The third-order valence-electron chi connectivity index (χ3n) is 8.08. The van der Waals surface area contributed by atoms with Gasteiger partial charge in [-0.1, -0.05) is 42.1 Å². The van der Waals surface area contributed by atoms with Crippen molar-refractivity contribution in [1.82, 2.24) is 19.4 Å². The predicted molar refractivity (Wildman–Crippen MR) is 171 cm³/mol. The first-order chi connectivity index (χ1) is 21.4. The molecule has 0 radical (unpaired) electrons. The number of rotatable bonds is 9. The second-order valence-corrected chi connectivity index (χ2v) is 11.6. The quantitative estimate of drug-likeness (QED) is 0.206. The van der Waals surface area contributed by atoms with Gasteiger partial charge in [-0.3, -0.25) is 19.0 Å². The number of thioether (sulfide) groups is 1. The van der Waals surface area contributed by atoms with Crippen molar-refractivity contribution in [2.75, 3.05) is 56.7 Å². The van der Waals surface area contributed by atoms with Gasteiger partial charge < -0.3 is 24.2 Å². The molecule has 1 aromatic heterocycles. The Bertz CT molecular complexity index is 1720. The van der Waals surface area contributed by atoms with Crippen LogP contribution >= 0.6 is 11.8 Å². The van der Waals surface area contributed by atoms with Crippen LogP contribution in [0.3, 0.4) is 0 Å². The number of para-hydroxylation sites is 1. The average Bonchev–Trinajstić information content (AvgIpc) is 3.53. The van der Waals surface area contributed by atoms with Crippen molar-refractivity contribution in [1.29, 1.82) is 0 Å². The molecule has 0 bridgehead atoms. The summed E-state index contributed by atoms with van der Waals surface area (Å²) in [6.45, 7) is 8.31. The fourth-order valence-electron chi connectivity index (χ4n) is 5.56. The van der Waals surface area contributed by atoms with Gasteiger partial charge in [-0.15, -0.1) is 0 Å². The molecule has 3 aromatic carbocycles. The molecule has 4 aromatic rings. The van der Waals surface area contributed by atoms with Gasteiger partial charge in [0.25, 0.3) is 11.5 Å². The zero-order chi connectivity index (χ0) is 30.6. The van der Waals surface area contributed by atoms with Gasteiger partial charge in [-0.2, -0.15) is 0 Å². The topological polar surface area (TPSA) is 97.2 Å². The second-order valence-electron chi connectivity index (χ2n) is 10.7. The van der Waals surface area contributed by atoms with Crippen LogP contribution in [0.15, 0.2) is 76.7 Å². The Morgan fingerprint density at radius 3 is 2.27 bits per heavy atom. The molecule has 44 heavy (non-hydrogen) atoms. The Morgan fingerprint density at radius 2 is 1.59 bits per heavy atom. The minimum absolute atomic E-state index is 0.00367. The average molecular weight is 614 g/mol. The van der Waals surface area contributed by atoms with Gasteiger partial charge in [-0.05, 0) is 49.7 Å². The van der Waals surface area contributed by atoms with Gasteiger partial charge in [0.05, 0.1) is 23.2 Å². The van der Waals surface area contributed by atoms with E-state index >= 15 is 0 Å². The van der Waals surface area contributed by atoms with Crippen LogP contribution < -0.4 is 19.9 Å². The summed E-state index contributed by atoms with van der Waals surface area (Å²) in [6, 6.07) is 21.0. The number of aromatic nitrogens is 2. The minimum Gasteiger partial charge on any atom is -0.454 e. The normalized spacial score (nSPS) is 14.2. The molecular weight excluding hydrogens is 578 g/mol. The lowest BCUT2D eigenvalue weighted by molar-refractivity contribution is -0.127. The highest BCUT2D eigenvalue weighted by atomic mass is 32.2. The van der Waals surface area contributed by atoms with Gasteiger partial charge in [0.2, 0.25) is 12.7 Å². The molecular formula is C33H35N5O5S. The van der Waals surface area contributed by atoms with Crippen LogP contribution in [0.2, 0.25) is 0 Å². The molecule has 11 heteroatoms. The van der Waals surface area contributed by atoms with E-state index in [0.29, 0.717) is 59.3 Å². The number of fused-ring (bicyclic) bond motifs is 2. The maximum absolute atomic E-state index is 13.8. The fourth-order valence-corrected chi connectivity index (χ4v) is 6.46. The molecule has 0 N–H and O–H groups in total. The Balaban J connectivity index is 1.21. The van der Waals surface area contributed by atoms with Gasteiger partial charge in [0.15, 0.2) is 16.7 Å². The largest absolute Gasteiger partial charge is 0.454 e. The highest BCUT2D eigenvalue weighted by Crippen LogP contribution is 2.35. The summed E-state index contributed by atoms with van der Waals surface area (Å²) in [5.41, 5.74) is 2.88. The molecule has 0 atom stereocenters. The number of ether oxygens (including phenoxy) is 2. The van der Waals surface area contributed by atoms with E-state index in [4.69, 9.17) is 14.5 Å². The SMILES string of the molecule is CCN(CC)C(=O)CSc1nc2cc3c(cc2c(=O)n1Cc1ccc(C(=O)N2CCN(c4ccccc4)CC2)cc1)OCO3. The molecule has 2 aliphatic rings. The standard InChI is InChI=1S/C33H35N5O5S/c1-3-35(4-2)30(39)21-44-33-34-27-19-29-28(42-22-43-29)18-26(27)32(41)38(33)20-23-10-12-24(13-11-23)31(40)37-16-14-36(15-17-37)25-8-6-5-7-9-25/h5-13,18-19H,3-4,14-17,20-22H2,1-2H3. The number of anilines is 1. The van der Waals surface area contributed by atoms with E-state index in [9.17, 15) is 14.4 Å². The number of amides is 2. The molecule has 10 nitrogen and oxygen atoms in total. The van der Waals surface area contributed by atoms with Crippen molar-refractivity contribution in [2.45, 2.75) is 25.5 Å². The van der Waals surface area contributed by atoms with Crippen molar-refractivity contribution in [3.8, 4) is 11.5 Å². The lowest BCUT2D eigenvalue weighted by atomic mass is 10.1. The van der Waals surface area contributed by atoms with Crippen molar-refractivity contribution < 1.29 is 19.1 Å². The number of benzene rings is 3. The molecule has 0 saturated carbocycles.